The number of nitrogens with one attached hydrogen (secondary N) is 1. The van der Waals surface area contributed by atoms with Gasteiger partial charge in [0.1, 0.15) is 5.76 Å². The van der Waals surface area contributed by atoms with Crippen LogP contribution in [0.1, 0.15) is 18.2 Å². The number of anilines is 1. The molecular formula is C14H15NO3S. The summed E-state index contributed by atoms with van der Waals surface area (Å²) in [5.74, 6) is 0.952. The van der Waals surface area contributed by atoms with Gasteiger partial charge in [-0.1, -0.05) is 12.1 Å². The van der Waals surface area contributed by atoms with Crippen LogP contribution in [0.5, 0.6) is 0 Å². The van der Waals surface area contributed by atoms with Gasteiger partial charge in [0.25, 0.3) is 0 Å². The summed E-state index contributed by atoms with van der Waals surface area (Å²) in [6.45, 7) is 3.25. The molecule has 100 valence electrons. The number of hydrogen-bond donors (Lipinski definition) is 1. The van der Waals surface area contributed by atoms with E-state index in [1.165, 1.54) is 13.2 Å². The Morgan fingerprint density at radius 2 is 2.16 bits per heavy atom. The molecule has 1 aromatic carbocycles. The fourth-order valence-electron chi connectivity index (χ4n) is 1.78. The van der Waals surface area contributed by atoms with Crippen LogP contribution in [0.25, 0.3) is 0 Å². The summed E-state index contributed by atoms with van der Waals surface area (Å²) in [5.41, 5.74) is 1.62. The standard InChI is InChI=1S/C14H15NO3S/c1-10-14(6-7-18-10)19(17)9-12-4-3-5-13(8-12)15-11(2)16/h3-8H,9H2,1-2H3,(H,15,16)/t19-/m1/s1. The van der Waals surface area contributed by atoms with Gasteiger partial charge >= 0.3 is 0 Å². The van der Waals surface area contributed by atoms with E-state index in [1.54, 1.807) is 19.1 Å². The zero-order chi connectivity index (χ0) is 13.8. The highest BCUT2D eigenvalue weighted by molar-refractivity contribution is 7.84. The first-order valence-electron chi connectivity index (χ1n) is 5.85. The second-order valence-corrected chi connectivity index (χ2v) is 5.63. The van der Waals surface area contributed by atoms with Crippen LogP contribution in [-0.4, -0.2) is 10.1 Å². The minimum Gasteiger partial charge on any atom is -0.468 e. The lowest BCUT2D eigenvalue weighted by Crippen LogP contribution is -2.06. The lowest BCUT2D eigenvalue weighted by molar-refractivity contribution is -0.114. The Morgan fingerprint density at radius 3 is 2.79 bits per heavy atom. The molecule has 1 N–H and O–H groups in total. The number of furan rings is 1. The summed E-state index contributed by atoms with van der Waals surface area (Å²) < 4.78 is 17.3. The van der Waals surface area contributed by atoms with Gasteiger partial charge in [-0.05, 0) is 30.7 Å². The van der Waals surface area contributed by atoms with Crippen molar-refractivity contribution in [2.45, 2.75) is 24.5 Å². The highest BCUT2D eigenvalue weighted by atomic mass is 32.2. The average molecular weight is 277 g/mol. The van der Waals surface area contributed by atoms with Crippen LogP contribution in [0.4, 0.5) is 5.69 Å². The van der Waals surface area contributed by atoms with Crippen molar-refractivity contribution >= 4 is 22.4 Å². The van der Waals surface area contributed by atoms with E-state index in [0.717, 1.165) is 5.56 Å². The molecule has 0 spiro atoms. The molecule has 0 saturated heterocycles. The monoisotopic (exact) mass is 277 g/mol. The quantitative estimate of drug-likeness (QED) is 0.934. The van der Waals surface area contributed by atoms with Gasteiger partial charge in [-0.25, -0.2) is 0 Å². The number of carbonyl (C=O) groups excluding carboxylic acids is 1. The van der Waals surface area contributed by atoms with Crippen molar-refractivity contribution in [2.24, 2.45) is 0 Å². The van der Waals surface area contributed by atoms with Crippen molar-refractivity contribution < 1.29 is 13.4 Å². The van der Waals surface area contributed by atoms with Crippen molar-refractivity contribution in [3.8, 4) is 0 Å². The predicted molar refractivity (Wildman–Crippen MR) is 74.3 cm³/mol. The number of rotatable bonds is 4. The number of hydrogen-bond acceptors (Lipinski definition) is 3. The van der Waals surface area contributed by atoms with Gasteiger partial charge < -0.3 is 9.73 Å². The van der Waals surface area contributed by atoms with E-state index in [-0.39, 0.29) is 5.91 Å². The third-order valence-corrected chi connectivity index (χ3v) is 4.11. The molecule has 1 atom stereocenters. The van der Waals surface area contributed by atoms with Gasteiger partial charge in [-0.2, -0.15) is 0 Å². The van der Waals surface area contributed by atoms with Gasteiger partial charge in [0, 0.05) is 12.6 Å². The van der Waals surface area contributed by atoms with Crippen LogP contribution in [-0.2, 0) is 21.3 Å². The minimum absolute atomic E-state index is 0.121. The lowest BCUT2D eigenvalue weighted by atomic mass is 10.2. The second kappa shape index (κ2) is 5.84. The third-order valence-electron chi connectivity index (χ3n) is 2.60. The van der Waals surface area contributed by atoms with Crippen molar-refractivity contribution in [1.29, 1.82) is 0 Å². The highest BCUT2D eigenvalue weighted by Gasteiger charge is 2.10. The summed E-state index contributed by atoms with van der Waals surface area (Å²) in [6.07, 6.45) is 1.54. The zero-order valence-corrected chi connectivity index (χ0v) is 11.6. The Kier molecular flexibility index (Phi) is 4.16. The van der Waals surface area contributed by atoms with Crippen molar-refractivity contribution in [3.05, 3.63) is 47.9 Å². The fourth-order valence-corrected chi connectivity index (χ4v) is 2.99. The number of carbonyl (C=O) groups is 1. The molecule has 4 nitrogen and oxygen atoms in total. The van der Waals surface area contributed by atoms with E-state index in [9.17, 15) is 9.00 Å². The zero-order valence-electron chi connectivity index (χ0n) is 10.8. The molecule has 2 aromatic rings. The fraction of sp³-hybridized carbons (Fsp3) is 0.214. The first-order valence-corrected chi connectivity index (χ1v) is 7.17. The van der Waals surface area contributed by atoms with Gasteiger partial charge in [-0.3, -0.25) is 9.00 Å². The van der Waals surface area contributed by atoms with Gasteiger partial charge in [0.15, 0.2) is 0 Å². The average Bonchev–Trinajstić information content (AvgIpc) is 2.75. The van der Waals surface area contributed by atoms with Crippen LogP contribution < -0.4 is 5.32 Å². The van der Waals surface area contributed by atoms with Crippen molar-refractivity contribution in [2.75, 3.05) is 5.32 Å². The van der Waals surface area contributed by atoms with Crippen molar-refractivity contribution in [1.82, 2.24) is 0 Å². The molecule has 0 radical (unpaired) electrons. The highest BCUT2D eigenvalue weighted by Crippen LogP contribution is 2.19. The molecule has 0 fully saturated rings. The van der Waals surface area contributed by atoms with Gasteiger partial charge in [-0.15, -0.1) is 0 Å². The smallest absolute Gasteiger partial charge is 0.221 e. The minimum atomic E-state index is -1.14. The SMILES string of the molecule is CC(=O)Nc1cccc(C[S@@](=O)c2ccoc2C)c1. The van der Waals surface area contributed by atoms with Crippen LogP contribution in [0.3, 0.4) is 0 Å². The molecule has 1 heterocycles. The molecule has 5 heteroatoms. The van der Waals surface area contributed by atoms with Crippen LogP contribution >= 0.6 is 0 Å². The third kappa shape index (κ3) is 3.54. The molecule has 0 unspecified atom stereocenters. The largest absolute Gasteiger partial charge is 0.468 e. The Hall–Kier alpha value is -1.88. The van der Waals surface area contributed by atoms with E-state index in [0.29, 0.717) is 22.1 Å². The van der Waals surface area contributed by atoms with Crippen LogP contribution in [0, 0.1) is 6.92 Å². The molecule has 0 aliphatic rings. The molecule has 2 rings (SSSR count). The van der Waals surface area contributed by atoms with E-state index >= 15 is 0 Å². The summed E-state index contributed by atoms with van der Waals surface area (Å²) in [7, 11) is -1.14. The Balaban J connectivity index is 2.13. The molecule has 0 saturated carbocycles. The van der Waals surface area contributed by atoms with Gasteiger partial charge in [0.2, 0.25) is 5.91 Å². The maximum atomic E-state index is 12.2. The predicted octanol–water partition coefficient (Wildman–Crippen LogP) is 2.85. The Bertz CT molecular complexity index is 619. The maximum absolute atomic E-state index is 12.2. The maximum Gasteiger partial charge on any atom is 0.221 e. The number of aryl methyl sites for hydroxylation is 1. The Labute approximate surface area is 114 Å². The van der Waals surface area contributed by atoms with E-state index < -0.39 is 10.8 Å². The Morgan fingerprint density at radius 1 is 1.37 bits per heavy atom. The topological polar surface area (TPSA) is 59.3 Å². The summed E-state index contributed by atoms with van der Waals surface area (Å²) in [4.78, 5) is 11.7. The lowest BCUT2D eigenvalue weighted by Gasteiger charge is -2.05. The van der Waals surface area contributed by atoms with Crippen LogP contribution in [0.2, 0.25) is 0 Å². The molecule has 1 aromatic heterocycles. The van der Waals surface area contributed by atoms with E-state index in [1.807, 2.05) is 18.2 Å². The van der Waals surface area contributed by atoms with E-state index in [2.05, 4.69) is 5.32 Å². The summed E-state index contributed by atoms with van der Waals surface area (Å²) in [5, 5.41) is 2.71. The molecule has 0 aliphatic carbocycles. The van der Waals surface area contributed by atoms with Crippen LogP contribution in [0.15, 0.2) is 45.9 Å². The molecule has 1 amide bonds. The second-order valence-electron chi connectivity index (χ2n) is 4.21. The summed E-state index contributed by atoms with van der Waals surface area (Å²) in [6, 6.07) is 9.08. The number of benzene rings is 1. The van der Waals surface area contributed by atoms with Gasteiger partial charge in [0.05, 0.1) is 27.7 Å². The number of amides is 1. The normalized spacial score (nSPS) is 12.1. The van der Waals surface area contributed by atoms with Crippen molar-refractivity contribution in [3.63, 3.8) is 0 Å². The molecule has 0 aliphatic heterocycles. The van der Waals surface area contributed by atoms with E-state index in [4.69, 9.17) is 4.42 Å². The molecule has 19 heavy (non-hydrogen) atoms. The first kappa shape index (κ1) is 13.5. The summed E-state index contributed by atoms with van der Waals surface area (Å²) >= 11 is 0. The molecule has 0 bridgehead atoms. The molecular weight excluding hydrogens is 262 g/mol. The first-order chi connectivity index (χ1) is 9.06.